The molecule has 3 N–H and O–H groups in total. The van der Waals surface area contributed by atoms with E-state index in [2.05, 4.69) is 46.2 Å². The summed E-state index contributed by atoms with van der Waals surface area (Å²) >= 11 is 12.8. The van der Waals surface area contributed by atoms with E-state index in [1.807, 2.05) is 12.1 Å². The summed E-state index contributed by atoms with van der Waals surface area (Å²) in [5.41, 5.74) is 1.73. The van der Waals surface area contributed by atoms with Gasteiger partial charge in [-0.15, -0.1) is 0 Å². The molecule has 2 aromatic heterocycles. The Morgan fingerprint density at radius 3 is 2.79 bits per heavy atom. The van der Waals surface area contributed by atoms with Crippen molar-refractivity contribution < 1.29 is 14.6 Å². The summed E-state index contributed by atoms with van der Waals surface area (Å²) in [4.78, 5) is 18.7. The molecule has 0 radical (unpaired) electrons. The summed E-state index contributed by atoms with van der Waals surface area (Å²) < 4.78 is 6.94. The van der Waals surface area contributed by atoms with E-state index in [1.165, 1.54) is 0 Å². The van der Waals surface area contributed by atoms with Crippen LogP contribution in [-0.4, -0.2) is 69.1 Å². The lowest BCUT2D eigenvalue weighted by Gasteiger charge is -2.21. The molecule has 0 amide bonds. The Morgan fingerprint density at radius 1 is 1.35 bits per heavy atom. The van der Waals surface area contributed by atoms with E-state index in [4.69, 9.17) is 27.9 Å². The number of benzene rings is 1. The molecule has 0 spiro atoms. The highest BCUT2D eigenvalue weighted by Gasteiger charge is 2.31. The molecule has 1 aliphatic heterocycles. The van der Waals surface area contributed by atoms with Crippen LogP contribution in [0.4, 0.5) is 5.82 Å². The van der Waals surface area contributed by atoms with E-state index in [-0.39, 0.29) is 28.8 Å². The molecule has 1 saturated heterocycles. The molecule has 0 unspecified atom stereocenters. The monoisotopic (exact) mass is 508 g/mol. The summed E-state index contributed by atoms with van der Waals surface area (Å²) in [5.74, 6) is 0.115. The quantitative estimate of drug-likeness (QED) is 0.408. The first-order valence-corrected chi connectivity index (χ1v) is 12.0. The number of imidazole rings is 1. The number of hydrogen-bond acceptors (Lipinski definition) is 6. The molecule has 4 rings (SSSR count). The van der Waals surface area contributed by atoms with Crippen LogP contribution < -0.4 is 5.32 Å². The average Bonchev–Trinajstić information content (AvgIpc) is 3.45. The van der Waals surface area contributed by atoms with Gasteiger partial charge in [-0.05, 0) is 29.5 Å². The van der Waals surface area contributed by atoms with Crippen LogP contribution in [0.5, 0.6) is 0 Å². The van der Waals surface area contributed by atoms with Gasteiger partial charge in [0.05, 0.1) is 18.7 Å². The second-order valence-electron chi connectivity index (χ2n) is 9.63. The number of carbonyl (C=O) groups is 1. The molecule has 1 atom stereocenters. The van der Waals surface area contributed by atoms with Crippen LogP contribution in [0.15, 0.2) is 12.1 Å². The third-order valence-electron chi connectivity index (χ3n) is 6.24. The number of aromatic amines is 1. The first kappa shape index (κ1) is 24.8. The van der Waals surface area contributed by atoms with E-state index >= 15 is 0 Å². The lowest BCUT2D eigenvalue weighted by molar-refractivity contribution is 0.0682. The van der Waals surface area contributed by atoms with Crippen LogP contribution in [0.2, 0.25) is 10.2 Å². The molecule has 3 heterocycles. The number of nitrogens with zero attached hydrogens (tertiary/aromatic N) is 4. The van der Waals surface area contributed by atoms with E-state index in [1.54, 1.807) is 11.7 Å². The molecular weight excluding hydrogens is 479 g/mol. The van der Waals surface area contributed by atoms with Crippen molar-refractivity contribution in [3.63, 3.8) is 0 Å². The van der Waals surface area contributed by atoms with Gasteiger partial charge in [0.1, 0.15) is 5.82 Å². The topological polar surface area (TPSA) is 108 Å². The number of carboxylic acid groups (broad SMARTS) is 1. The SMILES string of the molecule is COCCN1CC[C@@H](n2c(CNc3n[nH]c4cc(Cl)c(C(C)(C)C)cc34)nc(Cl)c2C(=O)O)C1. The normalized spacial score (nSPS) is 17.1. The number of H-pyrrole nitrogens is 1. The molecule has 0 aliphatic carbocycles. The fraction of sp³-hybridized carbons (Fsp3) is 0.522. The number of anilines is 1. The summed E-state index contributed by atoms with van der Waals surface area (Å²) in [5, 5.41) is 22.1. The minimum absolute atomic E-state index is 0.00618. The van der Waals surface area contributed by atoms with Gasteiger partial charge in [0.25, 0.3) is 0 Å². The van der Waals surface area contributed by atoms with Gasteiger partial charge in [-0.3, -0.25) is 10.00 Å². The first-order valence-electron chi connectivity index (χ1n) is 11.2. The largest absolute Gasteiger partial charge is 0.476 e. The van der Waals surface area contributed by atoms with Gasteiger partial charge in [-0.1, -0.05) is 44.0 Å². The molecule has 1 aliphatic rings. The number of hydrogen-bond donors (Lipinski definition) is 3. The first-order chi connectivity index (χ1) is 16.1. The van der Waals surface area contributed by atoms with Crippen molar-refractivity contribution in [2.75, 3.05) is 38.7 Å². The predicted molar refractivity (Wildman–Crippen MR) is 133 cm³/mol. The molecule has 184 valence electrons. The lowest BCUT2D eigenvalue weighted by Crippen LogP contribution is -2.27. The van der Waals surface area contributed by atoms with Crippen LogP contribution in [-0.2, 0) is 16.7 Å². The van der Waals surface area contributed by atoms with Crippen molar-refractivity contribution in [1.29, 1.82) is 0 Å². The van der Waals surface area contributed by atoms with Gasteiger partial charge < -0.3 is 19.7 Å². The number of nitrogens with one attached hydrogen (secondary N) is 2. The second-order valence-corrected chi connectivity index (χ2v) is 10.4. The van der Waals surface area contributed by atoms with Crippen LogP contribution in [0, 0.1) is 0 Å². The number of halogens is 2. The number of ether oxygens (including phenoxy) is 1. The Bertz CT molecular complexity index is 1200. The van der Waals surface area contributed by atoms with Crippen molar-refractivity contribution in [2.24, 2.45) is 0 Å². The third-order valence-corrected chi connectivity index (χ3v) is 6.82. The van der Waals surface area contributed by atoms with Gasteiger partial charge in [0.2, 0.25) is 0 Å². The maximum atomic E-state index is 12.0. The van der Waals surface area contributed by atoms with Crippen LogP contribution >= 0.6 is 23.2 Å². The Labute approximate surface area is 208 Å². The Balaban J connectivity index is 1.62. The van der Waals surface area contributed by atoms with Gasteiger partial charge in [-0.2, -0.15) is 5.10 Å². The molecule has 9 nitrogen and oxygen atoms in total. The number of carboxylic acids is 1. The zero-order valence-electron chi connectivity index (χ0n) is 19.8. The smallest absolute Gasteiger partial charge is 0.355 e. The maximum absolute atomic E-state index is 12.0. The number of aromatic nitrogens is 4. The predicted octanol–water partition coefficient (Wildman–Crippen LogP) is 4.57. The number of methoxy groups -OCH3 is 1. The minimum atomic E-state index is -1.09. The minimum Gasteiger partial charge on any atom is -0.476 e. The van der Waals surface area contributed by atoms with E-state index < -0.39 is 5.97 Å². The standard InChI is InChI=1S/C23H30Cl2N6O3/c1-23(2,3)15-9-14-17(10-16(15)24)28-29-21(14)26-11-18-27-20(25)19(22(32)33)31(18)13-5-6-30(12-13)7-8-34-4/h9-10,13H,5-8,11-12H2,1-4H3,(H,32,33)(H2,26,28,29)/t13-/m1/s1. The van der Waals surface area contributed by atoms with Crippen molar-refractivity contribution in [3.05, 3.63) is 39.4 Å². The molecule has 0 saturated carbocycles. The maximum Gasteiger partial charge on any atom is 0.355 e. The van der Waals surface area contributed by atoms with Crippen LogP contribution in [0.1, 0.15) is 55.1 Å². The fourth-order valence-corrected chi connectivity index (χ4v) is 5.23. The summed E-state index contributed by atoms with van der Waals surface area (Å²) in [6.07, 6.45) is 0.808. The molecule has 0 bridgehead atoms. The van der Waals surface area contributed by atoms with E-state index in [9.17, 15) is 9.90 Å². The van der Waals surface area contributed by atoms with Gasteiger partial charge >= 0.3 is 5.97 Å². The third kappa shape index (κ3) is 4.88. The van der Waals surface area contributed by atoms with Crippen LogP contribution in [0.25, 0.3) is 10.9 Å². The summed E-state index contributed by atoms with van der Waals surface area (Å²) in [7, 11) is 1.67. The number of fused-ring (bicyclic) bond motifs is 1. The lowest BCUT2D eigenvalue weighted by atomic mass is 9.86. The Hall–Kier alpha value is -2.33. The fourth-order valence-electron chi connectivity index (χ4n) is 4.51. The second kappa shape index (κ2) is 9.73. The van der Waals surface area contributed by atoms with Crippen molar-refractivity contribution in [3.8, 4) is 0 Å². The summed E-state index contributed by atoms with van der Waals surface area (Å²) in [6, 6.07) is 3.88. The molecule has 1 aromatic carbocycles. The Morgan fingerprint density at radius 2 is 2.12 bits per heavy atom. The zero-order chi connectivity index (χ0) is 24.6. The number of rotatable bonds is 8. The molecular formula is C23H30Cl2N6O3. The zero-order valence-corrected chi connectivity index (χ0v) is 21.3. The van der Waals surface area contributed by atoms with Crippen LogP contribution in [0.3, 0.4) is 0 Å². The van der Waals surface area contributed by atoms with Gasteiger partial charge in [0.15, 0.2) is 16.7 Å². The van der Waals surface area contributed by atoms with Gasteiger partial charge in [0, 0.05) is 43.2 Å². The molecule has 1 fully saturated rings. The Kier molecular flexibility index (Phi) is 7.09. The van der Waals surface area contributed by atoms with Crippen molar-refractivity contribution in [1.82, 2.24) is 24.6 Å². The highest BCUT2D eigenvalue weighted by molar-refractivity contribution is 6.32. The highest BCUT2D eigenvalue weighted by Crippen LogP contribution is 2.35. The van der Waals surface area contributed by atoms with Gasteiger partial charge in [-0.25, -0.2) is 9.78 Å². The number of aromatic carboxylic acids is 1. The molecule has 11 heteroatoms. The summed E-state index contributed by atoms with van der Waals surface area (Å²) in [6.45, 7) is 9.59. The van der Waals surface area contributed by atoms with Crippen molar-refractivity contribution in [2.45, 2.75) is 45.2 Å². The molecule has 3 aromatic rings. The van der Waals surface area contributed by atoms with E-state index in [0.717, 1.165) is 36.0 Å². The average molecular weight is 509 g/mol. The van der Waals surface area contributed by atoms with E-state index in [0.29, 0.717) is 29.8 Å². The number of likely N-dealkylation sites (tertiary alicyclic amines) is 1. The van der Waals surface area contributed by atoms with Crippen molar-refractivity contribution >= 4 is 45.9 Å². The highest BCUT2D eigenvalue weighted by atomic mass is 35.5. The molecule has 34 heavy (non-hydrogen) atoms.